The number of hydrogen-bond donors (Lipinski definition) is 1. The largest absolute Gasteiger partial charge is 0.503 e. The van der Waals surface area contributed by atoms with Crippen molar-refractivity contribution in [3.05, 3.63) is 105 Å². The van der Waals surface area contributed by atoms with Gasteiger partial charge in [-0.3, -0.25) is 14.5 Å². The van der Waals surface area contributed by atoms with Crippen molar-refractivity contribution in [2.75, 3.05) is 4.90 Å². The van der Waals surface area contributed by atoms with Gasteiger partial charge >= 0.3 is 0 Å². The number of rotatable bonds is 7. The number of Topliss-reactive ketones (excluding diaryl/α,β-unsaturated/α-hetero) is 1. The lowest BCUT2D eigenvalue weighted by molar-refractivity contribution is -0.117. The highest BCUT2D eigenvalue weighted by molar-refractivity contribution is 9.10. The van der Waals surface area contributed by atoms with E-state index in [0.29, 0.717) is 26.5 Å². The molecule has 1 amide bonds. The number of aryl methyl sites for hydroxylation is 2. The van der Waals surface area contributed by atoms with Gasteiger partial charge in [0.05, 0.1) is 11.6 Å². The van der Waals surface area contributed by atoms with Crippen molar-refractivity contribution in [2.45, 2.75) is 30.0 Å². The number of anilines is 1. The summed E-state index contributed by atoms with van der Waals surface area (Å²) in [6, 6.07) is 17.8. The van der Waals surface area contributed by atoms with Gasteiger partial charge in [0.25, 0.3) is 5.91 Å². The van der Waals surface area contributed by atoms with E-state index in [1.165, 1.54) is 39.6 Å². The highest BCUT2D eigenvalue weighted by atomic mass is 79.9. The van der Waals surface area contributed by atoms with Crippen LogP contribution >= 0.6 is 39.0 Å². The lowest BCUT2D eigenvalue weighted by Gasteiger charge is -2.23. The summed E-state index contributed by atoms with van der Waals surface area (Å²) in [7, 11) is 0. The maximum atomic E-state index is 13.4. The van der Waals surface area contributed by atoms with Crippen LogP contribution in [-0.2, 0) is 10.5 Å². The molecule has 2 aromatic heterocycles. The number of benzene rings is 2. The quantitative estimate of drug-likeness (QED) is 0.149. The van der Waals surface area contributed by atoms with Crippen molar-refractivity contribution in [1.29, 1.82) is 0 Å². The molecule has 0 radical (unpaired) electrons. The van der Waals surface area contributed by atoms with E-state index in [1.54, 1.807) is 25.1 Å². The highest BCUT2D eigenvalue weighted by Crippen LogP contribution is 2.44. The first-order valence-corrected chi connectivity index (χ1v) is 13.6. The number of halogens is 1. The second-order valence-electron chi connectivity index (χ2n) is 8.26. The van der Waals surface area contributed by atoms with Crippen molar-refractivity contribution in [3.63, 3.8) is 0 Å². The summed E-state index contributed by atoms with van der Waals surface area (Å²) in [5.74, 6) is -0.573. The molecule has 1 N–H and O–H groups in total. The van der Waals surface area contributed by atoms with Crippen molar-refractivity contribution in [3.8, 4) is 0 Å². The Hall–Kier alpha value is -3.21. The summed E-state index contributed by atoms with van der Waals surface area (Å²) in [5.41, 5.74) is 2.93. The van der Waals surface area contributed by atoms with Gasteiger partial charge in [0, 0.05) is 10.2 Å². The van der Waals surface area contributed by atoms with Gasteiger partial charge in [0.1, 0.15) is 5.76 Å². The molecule has 0 fully saturated rings. The minimum absolute atomic E-state index is 0.0532. The fourth-order valence-electron chi connectivity index (χ4n) is 3.87. The summed E-state index contributed by atoms with van der Waals surface area (Å²) < 4.78 is 7.03. The number of thioether (sulfide) groups is 1. The molecule has 1 atom stereocenters. The zero-order chi connectivity index (χ0) is 25.4. The standard InChI is InChI=1S/C26H20BrN3O4S2/c1-14-3-6-16(7-4-14)13-35-26-29-28-25(36-26)30-21(17-8-10-18(27)11-9-17)20(23(32)24(30)33)22(31)19-12-5-15(2)34-19/h3-12,21,32H,13H2,1-2H3. The Bertz CT molecular complexity index is 1480. The Balaban J connectivity index is 1.48. The molecule has 1 aliphatic heterocycles. The zero-order valence-electron chi connectivity index (χ0n) is 19.3. The van der Waals surface area contributed by atoms with Gasteiger partial charge in [-0.15, -0.1) is 10.2 Å². The molecule has 0 spiro atoms. The number of aliphatic hydroxyl groups excluding tert-OH is 1. The molecule has 182 valence electrons. The van der Waals surface area contributed by atoms with Gasteiger partial charge in [0.2, 0.25) is 10.9 Å². The van der Waals surface area contributed by atoms with E-state index in [2.05, 4.69) is 50.4 Å². The number of nitrogens with zero attached hydrogens (tertiary/aromatic N) is 3. The molecule has 10 heteroatoms. The molecule has 7 nitrogen and oxygen atoms in total. The van der Waals surface area contributed by atoms with Crippen LogP contribution in [0.25, 0.3) is 0 Å². The normalized spacial score (nSPS) is 15.7. The Morgan fingerprint density at radius 2 is 1.81 bits per heavy atom. The van der Waals surface area contributed by atoms with Crippen molar-refractivity contribution >= 4 is 55.9 Å². The molecule has 2 aromatic carbocycles. The van der Waals surface area contributed by atoms with E-state index in [9.17, 15) is 14.7 Å². The van der Waals surface area contributed by atoms with Crippen molar-refractivity contribution in [1.82, 2.24) is 10.2 Å². The fourth-order valence-corrected chi connectivity index (χ4v) is 5.96. The maximum Gasteiger partial charge on any atom is 0.296 e. The van der Waals surface area contributed by atoms with Gasteiger partial charge in [-0.25, -0.2) is 0 Å². The van der Waals surface area contributed by atoms with Crippen LogP contribution in [0.15, 0.2) is 85.2 Å². The third-order valence-corrected chi connectivity index (χ3v) is 8.34. The van der Waals surface area contributed by atoms with Crippen molar-refractivity contribution < 1.29 is 19.1 Å². The lowest BCUT2D eigenvalue weighted by Crippen LogP contribution is -2.31. The van der Waals surface area contributed by atoms with Crippen LogP contribution in [0, 0.1) is 13.8 Å². The number of ketones is 1. The predicted molar refractivity (Wildman–Crippen MR) is 142 cm³/mol. The topological polar surface area (TPSA) is 96.5 Å². The second kappa shape index (κ2) is 10.0. The molecule has 36 heavy (non-hydrogen) atoms. The van der Waals surface area contributed by atoms with Gasteiger partial charge in [-0.1, -0.05) is 81.0 Å². The molecule has 4 aromatic rings. The summed E-state index contributed by atoms with van der Waals surface area (Å²) in [4.78, 5) is 28.0. The molecule has 3 heterocycles. The first-order chi connectivity index (χ1) is 17.3. The average molecular weight is 583 g/mol. The average Bonchev–Trinajstić information content (AvgIpc) is 3.58. The molecule has 5 rings (SSSR count). The van der Waals surface area contributed by atoms with Crippen LogP contribution in [0.5, 0.6) is 0 Å². The minimum atomic E-state index is -0.883. The number of aliphatic hydroxyl groups is 1. The van der Waals surface area contributed by atoms with Crippen LogP contribution in [0.2, 0.25) is 0 Å². The van der Waals surface area contributed by atoms with Crippen LogP contribution in [0.1, 0.15) is 39.0 Å². The van der Waals surface area contributed by atoms with E-state index >= 15 is 0 Å². The third kappa shape index (κ3) is 4.76. The molecule has 1 unspecified atom stereocenters. The van der Waals surface area contributed by atoms with Gasteiger partial charge < -0.3 is 9.52 Å². The molecular formula is C26H20BrN3O4S2. The van der Waals surface area contributed by atoms with E-state index in [-0.39, 0.29) is 11.3 Å². The van der Waals surface area contributed by atoms with Gasteiger partial charge in [0.15, 0.2) is 15.9 Å². The second-order valence-corrected chi connectivity index (χ2v) is 11.3. The Morgan fingerprint density at radius 3 is 2.47 bits per heavy atom. The van der Waals surface area contributed by atoms with Crippen molar-refractivity contribution in [2.24, 2.45) is 0 Å². The summed E-state index contributed by atoms with van der Waals surface area (Å²) in [6.07, 6.45) is 0. The first kappa shape index (κ1) is 24.5. The molecule has 0 bridgehead atoms. The van der Waals surface area contributed by atoms with E-state index < -0.39 is 23.5 Å². The number of carbonyl (C=O) groups is 2. The molecular weight excluding hydrogens is 562 g/mol. The fraction of sp³-hybridized carbons (Fsp3) is 0.154. The summed E-state index contributed by atoms with van der Waals surface area (Å²) >= 11 is 6.17. The predicted octanol–water partition coefficient (Wildman–Crippen LogP) is 6.59. The SMILES string of the molecule is Cc1ccc(CSc2nnc(N3C(=O)C(O)=C(C(=O)c4ccc(C)o4)C3c3ccc(Br)cc3)s2)cc1. The molecule has 0 saturated heterocycles. The third-order valence-electron chi connectivity index (χ3n) is 5.69. The zero-order valence-corrected chi connectivity index (χ0v) is 22.5. The van der Waals surface area contributed by atoms with Gasteiger partial charge in [-0.05, 0) is 49.2 Å². The van der Waals surface area contributed by atoms with Crippen LogP contribution in [-0.4, -0.2) is 27.0 Å². The number of amides is 1. The smallest absolute Gasteiger partial charge is 0.296 e. The van der Waals surface area contributed by atoms with Crippen LogP contribution < -0.4 is 4.90 Å². The van der Waals surface area contributed by atoms with E-state index in [4.69, 9.17) is 4.42 Å². The molecule has 0 aliphatic carbocycles. The maximum absolute atomic E-state index is 13.4. The highest BCUT2D eigenvalue weighted by Gasteiger charge is 2.46. The molecule has 1 aliphatic rings. The van der Waals surface area contributed by atoms with Crippen LogP contribution in [0.3, 0.4) is 0 Å². The monoisotopic (exact) mass is 581 g/mol. The summed E-state index contributed by atoms with van der Waals surface area (Å²) in [6.45, 7) is 3.76. The lowest BCUT2D eigenvalue weighted by atomic mass is 9.95. The molecule has 0 saturated carbocycles. The number of hydrogen-bond acceptors (Lipinski definition) is 8. The number of furan rings is 1. The minimum Gasteiger partial charge on any atom is -0.503 e. The van der Waals surface area contributed by atoms with E-state index in [0.717, 1.165) is 10.0 Å². The Morgan fingerprint density at radius 1 is 1.08 bits per heavy atom. The van der Waals surface area contributed by atoms with Gasteiger partial charge in [-0.2, -0.15) is 0 Å². The van der Waals surface area contributed by atoms with E-state index in [1.807, 2.05) is 19.1 Å². The first-order valence-electron chi connectivity index (χ1n) is 11.0. The Labute approximate surface area is 224 Å². The van der Waals surface area contributed by atoms with Crippen LogP contribution in [0.4, 0.5) is 5.13 Å². The summed E-state index contributed by atoms with van der Waals surface area (Å²) in [5, 5.41) is 19.7. The number of carbonyl (C=O) groups excluding carboxylic acids is 2. The number of aromatic nitrogens is 2. The Kier molecular flexibility index (Phi) is 6.83.